The van der Waals surface area contributed by atoms with Crippen LogP contribution in [0, 0.1) is 0 Å². The van der Waals surface area contributed by atoms with Crippen LogP contribution in [0.15, 0.2) is 16.3 Å². The molecule has 0 atom stereocenters. The number of rotatable bonds is 10. The molecule has 0 radical (unpaired) electrons. The number of sulfonamides is 1. The number of carbonyl (C=O) groups is 1. The van der Waals surface area contributed by atoms with Crippen LogP contribution >= 0.6 is 11.3 Å². The lowest BCUT2D eigenvalue weighted by Crippen LogP contribution is -2.35. The summed E-state index contributed by atoms with van der Waals surface area (Å²) in [6, 6.07) is 3.35. The smallest absolute Gasteiger partial charge is 0.252 e. The van der Waals surface area contributed by atoms with E-state index in [1.165, 1.54) is 11.3 Å². The van der Waals surface area contributed by atoms with Crippen LogP contribution in [0.4, 0.5) is 0 Å². The van der Waals surface area contributed by atoms with Crippen LogP contribution in [0.2, 0.25) is 0 Å². The zero-order valence-corrected chi connectivity index (χ0v) is 16.3. The lowest BCUT2D eigenvalue weighted by atomic mass is 10.2. The Bertz CT molecular complexity index is 640. The van der Waals surface area contributed by atoms with Crippen LogP contribution in [-0.2, 0) is 26.0 Å². The number of thiophene rings is 1. The molecule has 9 heteroatoms. The third-order valence-electron chi connectivity index (χ3n) is 3.99. The fourth-order valence-corrected chi connectivity index (χ4v) is 5.66. The first-order chi connectivity index (χ1) is 12.0. The van der Waals surface area contributed by atoms with E-state index in [1.807, 2.05) is 0 Å². The number of hydrogen-bond donors (Lipinski definition) is 2. The third-order valence-corrected chi connectivity index (χ3v) is 7.44. The lowest BCUT2D eigenvalue weighted by Gasteiger charge is -2.25. The zero-order chi connectivity index (χ0) is 18.1. The summed E-state index contributed by atoms with van der Waals surface area (Å²) < 4.78 is 32.0. The van der Waals surface area contributed by atoms with Gasteiger partial charge in [0.25, 0.3) is 10.0 Å². The van der Waals surface area contributed by atoms with E-state index in [1.54, 1.807) is 23.5 Å². The molecular formula is C16H27N3O4S2. The highest BCUT2D eigenvalue weighted by Crippen LogP contribution is 2.27. The molecule has 1 aromatic heterocycles. The minimum atomic E-state index is -3.41. The summed E-state index contributed by atoms with van der Waals surface area (Å²) in [4.78, 5) is 12.7. The van der Waals surface area contributed by atoms with E-state index in [4.69, 9.17) is 4.74 Å². The van der Waals surface area contributed by atoms with Crippen LogP contribution in [0.5, 0.6) is 0 Å². The first kappa shape index (κ1) is 20.3. The second-order valence-electron chi connectivity index (χ2n) is 5.96. The third kappa shape index (κ3) is 6.34. The summed E-state index contributed by atoms with van der Waals surface area (Å²) in [5.41, 5.74) is 0. The van der Waals surface area contributed by atoms with Gasteiger partial charge in [0, 0.05) is 44.7 Å². The average Bonchev–Trinajstić information content (AvgIpc) is 3.08. The summed E-state index contributed by atoms with van der Waals surface area (Å²) >= 11 is 1.19. The SMILES string of the molecule is COCCNCCNC(=O)Cc1ccc(S(=O)(=O)N2CCCCC2)s1. The van der Waals surface area contributed by atoms with Crippen molar-refractivity contribution < 1.29 is 17.9 Å². The molecule has 0 saturated carbocycles. The quantitative estimate of drug-likeness (QED) is 0.579. The van der Waals surface area contributed by atoms with Gasteiger partial charge in [0.2, 0.25) is 5.91 Å². The van der Waals surface area contributed by atoms with Crippen molar-refractivity contribution in [2.45, 2.75) is 29.9 Å². The Kier molecular flexibility index (Phi) is 8.31. The molecule has 0 bridgehead atoms. The highest BCUT2D eigenvalue weighted by atomic mass is 32.2. The van der Waals surface area contributed by atoms with Crippen molar-refractivity contribution in [1.29, 1.82) is 0 Å². The van der Waals surface area contributed by atoms with Crippen LogP contribution in [0.3, 0.4) is 0 Å². The predicted molar refractivity (Wildman–Crippen MR) is 98.4 cm³/mol. The molecule has 2 heterocycles. The molecule has 1 fully saturated rings. The van der Waals surface area contributed by atoms with Gasteiger partial charge in [0.1, 0.15) is 4.21 Å². The van der Waals surface area contributed by atoms with E-state index in [2.05, 4.69) is 10.6 Å². The summed E-state index contributed by atoms with van der Waals surface area (Å²) in [5.74, 6) is -0.0997. The monoisotopic (exact) mass is 389 g/mol. The Morgan fingerprint density at radius 2 is 1.96 bits per heavy atom. The molecule has 2 N–H and O–H groups in total. The predicted octanol–water partition coefficient (Wildman–Crippen LogP) is 0.817. The Labute approximate surface area is 153 Å². The maximum absolute atomic E-state index is 12.6. The first-order valence-corrected chi connectivity index (χ1v) is 10.8. The number of nitrogens with zero attached hydrogens (tertiary/aromatic N) is 1. The van der Waals surface area contributed by atoms with Crippen molar-refractivity contribution in [1.82, 2.24) is 14.9 Å². The number of piperidine rings is 1. The number of methoxy groups -OCH3 is 1. The van der Waals surface area contributed by atoms with Gasteiger partial charge in [-0.3, -0.25) is 4.79 Å². The van der Waals surface area contributed by atoms with Crippen molar-refractivity contribution in [3.8, 4) is 0 Å². The molecule has 0 spiro atoms. The number of carbonyl (C=O) groups excluding carboxylic acids is 1. The second-order valence-corrected chi connectivity index (χ2v) is 9.29. The largest absolute Gasteiger partial charge is 0.383 e. The van der Waals surface area contributed by atoms with Crippen molar-refractivity contribution in [3.05, 3.63) is 17.0 Å². The molecule has 1 aliphatic heterocycles. The molecule has 1 aromatic rings. The van der Waals surface area contributed by atoms with Gasteiger partial charge in [-0.1, -0.05) is 6.42 Å². The molecule has 25 heavy (non-hydrogen) atoms. The summed E-state index contributed by atoms with van der Waals surface area (Å²) in [7, 11) is -1.77. The van der Waals surface area contributed by atoms with Gasteiger partial charge in [-0.25, -0.2) is 8.42 Å². The van der Waals surface area contributed by atoms with Gasteiger partial charge in [-0.2, -0.15) is 4.31 Å². The number of nitrogens with one attached hydrogen (secondary N) is 2. The van der Waals surface area contributed by atoms with Crippen LogP contribution in [-0.4, -0.2) is 65.1 Å². The Morgan fingerprint density at radius 3 is 2.68 bits per heavy atom. The molecule has 1 amide bonds. The molecule has 0 unspecified atom stereocenters. The van der Waals surface area contributed by atoms with E-state index in [-0.39, 0.29) is 12.3 Å². The Morgan fingerprint density at radius 1 is 1.20 bits per heavy atom. The van der Waals surface area contributed by atoms with Crippen LogP contribution < -0.4 is 10.6 Å². The van der Waals surface area contributed by atoms with E-state index in [0.717, 1.165) is 30.7 Å². The summed E-state index contributed by atoms with van der Waals surface area (Å²) in [6.45, 7) is 3.77. The minimum absolute atomic E-state index is 0.0997. The number of ether oxygens (including phenoxy) is 1. The normalized spacial score (nSPS) is 16.0. The van der Waals surface area contributed by atoms with Crippen LogP contribution in [0.25, 0.3) is 0 Å². The molecule has 2 rings (SSSR count). The van der Waals surface area contributed by atoms with Gasteiger partial charge in [0.05, 0.1) is 13.0 Å². The fraction of sp³-hybridized carbons (Fsp3) is 0.688. The van der Waals surface area contributed by atoms with Crippen LogP contribution in [0.1, 0.15) is 24.1 Å². The summed E-state index contributed by atoms with van der Waals surface area (Å²) in [6.07, 6.45) is 3.12. The van der Waals surface area contributed by atoms with E-state index in [9.17, 15) is 13.2 Å². The maximum atomic E-state index is 12.6. The van der Waals surface area contributed by atoms with Crippen molar-refractivity contribution >= 4 is 27.3 Å². The van der Waals surface area contributed by atoms with E-state index in [0.29, 0.717) is 37.0 Å². The number of amides is 1. The van der Waals surface area contributed by atoms with Crippen molar-refractivity contribution in [2.24, 2.45) is 0 Å². The molecule has 0 aromatic carbocycles. The minimum Gasteiger partial charge on any atom is -0.383 e. The van der Waals surface area contributed by atoms with Gasteiger partial charge in [-0.05, 0) is 25.0 Å². The highest BCUT2D eigenvalue weighted by Gasteiger charge is 2.27. The van der Waals surface area contributed by atoms with Crippen molar-refractivity contribution in [2.75, 3.05) is 46.4 Å². The van der Waals surface area contributed by atoms with Gasteiger partial charge in [-0.15, -0.1) is 11.3 Å². The maximum Gasteiger partial charge on any atom is 0.252 e. The molecule has 7 nitrogen and oxygen atoms in total. The summed E-state index contributed by atoms with van der Waals surface area (Å²) in [5, 5.41) is 5.97. The highest BCUT2D eigenvalue weighted by molar-refractivity contribution is 7.91. The molecule has 0 aliphatic carbocycles. The van der Waals surface area contributed by atoms with Crippen molar-refractivity contribution in [3.63, 3.8) is 0 Å². The first-order valence-electron chi connectivity index (χ1n) is 8.59. The van der Waals surface area contributed by atoms with Gasteiger partial charge in [0.15, 0.2) is 0 Å². The molecule has 142 valence electrons. The Hall–Kier alpha value is -1.00. The lowest BCUT2D eigenvalue weighted by molar-refractivity contribution is -0.120. The molecular weight excluding hydrogens is 362 g/mol. The van der Waals surface area contributed by atoms with E-state index < -0.39 is 10.0 Å². The van der Waals surface area contributed by atoms with Gasteiger partial charge >= 0.3 is 0 Å². The standard InChI is InChI=1S/C16H27N3O4S2/c1-23-12-9-17-7-8-18-15(20)13-14-5-6-16(24-14)25(21,22)19-10-3-2-4-11-19/h5-6,17H,2-4,7-13H2,1H3,(H,18,20). The molecule has 1 saturated heterocycles. The topological polar surface area (TPSA) is 87.7 Å². The second kappa shape index (κ2) is 10.2. The zero-order valence-electron chi connectivity index (χ0n) is 14.6. The fourth-order valence-electron chi connectivity index (χ4n) is 2.63. The average molecular weight is 390 g/mol. The van der Waals surface area contributed by atoms with E-state index >= 15 is 0 Å². The molecule has 1 aliphatic rings. The Balaban J connectivity index is 1.79. The number of hydrogen-bond acceptors (Lipinski definition) is 6. The van der Waals surface area contributed by atoms with Gasteiger partial charge < -0.3 is 15.4 Å².